The standard InChI is InChI=1S/C15H20ClNO2S/c16-14-3-1-13(2-4-14)10-20-11-15(19)17-7-5-12(9-17)6-8-18/h1-4,12,18H,5-11H2. The number of carbonyl (C=O) groups is 1. The van der Waals surface area contributed by atoms with Crippen LogP contribution in [0.2, 0.25) is 5.02 Å². The summed E-state index contributed by atoms with van der Waals surface area (Å²) in [5.74, 6) is 2.04. The third-order valence-corrected chi connectivity index (χ3v) is 4.82. The van der Waals surface area contributed by atoms with Gasteiger partial charge in [0.1, 0.15) is 0 Å². The number of aliphatic hydroxyl groups is 1. The predicted molar refractivity (Wildman–Crippen MR) is 84.0 cm³/mol. The molecule has 0 aromatic heterocycles. The van der Waals surface area contributed by atoms with E-state index in [1.165, 1.54) is 5.56 Å². The van der Waals surface area contributed by atoms with Crippen molar-refractivity contribution in [1.82, 2.24) is 4.90 Å². The molecule has 0 aliphatic carbocycles. The second-order valence-corrected chi connectivity index (χ2v) is 6.55. The Balaban J connectivity index is 1.69. The Morgan fingerprint density at radius 3 is 2.85 bits per heavy atom. The topological polar surface area (TPSA) is 40.5 Å². The maximum Gasteiger partial charge on any atom is 0.232 e. The molecule has 0 spiro atoms. The van der Waals surface area contributed by atoms with Crippen molar-refractivity contribution in [3.8, 4) is 0 Å². The summed E-state index contributed by atoms with van der Waals surface area (Å²) in [4.78, 5) is 14.0. The van der Waals surface area contributed by atoms with E-state index < -0.39 is 0 Å². The van der Waals surface area contributed by atoms with Crippen molar-refractivity contribution in [2.24, 2.45) is 5.92 Å². The molecule has 1 aromatic carbocycles. The van der Waals surface area contributed by atoms with E-state index in [-0.39, 0.29) is 12.5 Å². The molecule has 0 saturated carbocycles. The number of aliphatic hydroxyl groups excluding tert-OH is 1. The average Bonchev–Trinajstić information content (AvgIpc) is 2.90. The van der Waals surface area contributed by atoms with Crippen molar-refractivity contribution in [3.05, 3.63) is 34.9 Å². The minimum atomic E-state index is 0.212. The van der Waals surface area contributed by atoms with Gasteiger partial charge < -0.3 is 10.0 Å². The highest BCUT2D eigenvalue weighted by Gasteiger charge is 2.25. The van der Waals surface area contributed by atoms with Crippen molar-refractivity contribution in [1.29, 1.82) is 0 Å². The first kappa shape index (κ1) is 15.7. The number of benzene rings is 1. The van der Waals surface area contributed by atoms with Gasteiger partial charge in [0.15, 0.2) is 0 Å². The highest BCUT2D eigenvalue weighted by atomic mass is 35.5. The minimum Gasteiger partial charge on any atom is -0.396 e. The molecule has 1 heterocycles. The second-order valence-electron chi connectivity index (χ2n) is 5.13. The number of halogens is 1. The van der Waals surface area contributed by atoms with Crippen LogP contribution in [0.25, 0.3) is 0 Å². The fraction of sp³-hybridized carbons (Fsp3) is 0.533. The lowest BCUT2D eigenvalue weighted by atomic mass is 10.1. The number of likely N-dealkylation sites (tertiary alicyclic amines) is 1. The molecule has 0 bridgehead atoms. The fourth-order valence-electron chi connectivity index (χ4n) is 2.41. The first-order valence-corrected chi connectivity index (χ1v) is 8.43. The predicted octanol–water partition coefficient (Wildman–Crippen LogP) is 2.80. The zero-order valence-electron chi connectivity index (χ0n) is 11.4. The number of hydrogen-bond acceptors (Lipinski definition) is 3. The maximum atomic E-state index is 12.1. The molecule has 1 saturated heterocycles. The summed E-state index contributed by atoms with van der Waals surface area (Å²) in [5, 5.41) is 9.66. The molecule has 20 heavy (non-hydrogen) atoms. The quantitative estimate of drug-likeness (QED) is 0.878. The van der Waals surface area contributed by atoms with E-state index in [4.69, 9.17) is 16.7 Å². The normalized spacial score (nSPS) is 18.5. The van der Waals surface area contributed by atoms with Gasteiger partial charge in [-0.1, -0.05) is 23.7 Å². The highest BCUT2D eigenvalue weighted by molar-refractivity contribution is 7.99. The van der Waals surface area contributed by atoms with E-state index in [0.29, 0.717) is 11.7 Å². The van der Waals surface area contributed by atoms with Crippen LogP contribution in [0.15, 0.2) is 24.3 Å². The first-order valence-electron chi connectivity index (χ1n) is 6.90. The van der Waals surface area contributed by atoms with Gasteiger partial charge in [-0.05, 0) is 36.5 Å². The second kappa shape index (κ2) is 7.91. The van der Waals surface area contributed by atoms with Crippen molar-refractivity contribution in [2.75, 3.05) is 25.4 Å². The molecule has 5 heteroatoms. The van der Waals surface area contributed by atoms with Gasteiger partial charge in [-0.25, -0.2) is 0 Å². The third kappa shape index (κ3) is 4.69. The van der Waals surface area contributed by atoms with E-state index in [1.807, 2.05) is 29.2 Å². The summed E-state index contributed by atoms with van der Waals surface area (Å²) in [7, 11) is 0. The molecule has 1 atom stereocenters. The molecule has 1 amide bonds. The summed E-state index contributed by atoms with van der Waals surface area (Å²) < 4.78 is 0. The summed E-state index contributed by atoms with van der Waals surface area (Å²) in [5.41, 5.74) is 1.19. The number of thioether (sulfide) groups is 1. The van der Waals surface area contributed by atoms with E-state index in [2.05, 4.69) is 0 Å². The lowest BCUT2D eigenvalue weighted by Gasteiger charge is -2.16. The van der Waals surface area contributed by atoms with Gasteiger partial charge in [0.2, 0.25) is 5.91 Å². The monoisotopic (exact) mass is 313 g/mol. The Morgan fingerprint density at radius 2 is 2.15 bits per heavy atom. The fourth-order valence-corrected chi connectivity index (χ4v) is 3.42. The van der Waals surface area contributed by atoms with Gasteiger partial charge in [0.05, 0.1) is 5.75 Å². The molecule has 1 aliphatic heterocycles. The molecule has 3 nitrogen and oxygen atoms in total. The summed E-state index contributed by atoms with van der Waals surface area (Å²) in [6.45, 7) is 1.86. The van der Waals surface area contributed by atoms with Crippen molar-refractivity contribution in [3.63, 3.8) is 0 Å². The Labute approximate surface area is 129 Å². The summed E-state index contributed by atoms with van der Waals surface area (Å²) in [6, 6.07) is 7.73. The summed E-state index contributed by atoms with van der Waals surface area (Å²) in [6.07, 6.45) is 1.83. The Morgan fingerprint density at radius 1 is 1.40 bits per heavy atom. The smallest absolute Gasteiger partial charge is 0.232 e. The average molecular weight is 314 g/mol. The van der Waals surface area contributed by atoms with Gasteiger partial charge in [-0.3, -0.25) is 4.79 Å². The number of rotatable bonds is 6. The van der Waals surface area contributed by atoms with Crippen molar-refractivity contribution in [2.45, 2.75) is 18.6 Å². The van der Waals surface area contributed by atoms with Gasteiger partial charge in [0.25, 0.3) is 0 Å². The SMILES string of the molecule is O=C(CSCc1ccc(Cl)cc1)N1CCC(CCO)C1. The van der Waals surface area contributed by atoms with E-state index in [0.717, 1.165) is 36.7 Å². The Kier molecular flexibility index (Phi) is 6.20. The molecule has 1 unspecified atom stereocenters. The number of hydrogen-bond donors (Lipinski definition) is 1. The zero-order chi connectivity index (χ0) is 14.4. The highest BCUT2D eigenvalue weighted by Crippen LogP contribution is 2.21. The number of carbonyl (C=O) groups excluding carboxylic acids is 1. The molecule has 1 N–H and O–H groups in total. The van der Waals surface area contributed by atoms with Crippen LogP contribution in [0.1, 0.15) is 18.4 Å². The van der Waals surface area contributed by atoms with Gasteiger partial charge in [-0.15, -0.1) is 11.8 Å². The van der Waals surface area contributed by atoms with Gasteiger partial charge in [0, 0.05) is 30.5 Å². The van der Waals surface area contributed by atoms with Crippen LogP contribution < -0.4 is 0 Å². The molecule has 1 fully saturated rings. The molecule has 110 valence electrons. The maximum absolute atomic E-state index is 12.1. The van der Waals surface area contributed by atoms with Crippen LogP contribution in [0, 0.1) is 5.92 Å². The third-order valence-electron chi connectivity index (χ3n) is 3.58. The summed E-state index contributed by atoms with van der Waals surface area (Å²) >= 11 is 7.47. The van der Waals surface area contributed by atoms with Crippen LogP contribution in [-0.4, -0.2) is 41.4 Å². The van der Waals surface area contributed by atoms with Crippen LogP contribution in [0.3, 0.4) is 0 Å². The first-order chi connectivity index (χ1) is 9.69. The van der Waals surface area contributed by atoms with Gasteiger partial charge >= 0.3 is 0 Å². The molecule has 1 aromatic rings. The number of nitrogens with zero attached hydrogens (tertiary/aromatic N) is 1. The van der Waals surface area contributed by atoms with Crippen LogP contribution in [0.5, 0.6) is 0 Å². The van der Waals surface area contributed by atoms with Gasteiger partial charge in [-0.2, -0.15) is 0 Å². The van der Waals surface area contributed by atoms with Crippen LogP contribution in [0.4, 0.5) is 0 Å². The minimum absolute atomic E-state index is 0.212. The van der Waals surface area contributed by atoms with Crippen molar-refractivity contribution < 1.29 is 9.90 Å². The van der Waals surface area contributed by atoms with Crippen LogP contribution in [-0.2, 0) is 10.5 Å². The Hall–Kier alpha value is -0.710. The molecule has 2 rings (SSSR count). The van der Waals surface area contributed by atoms with E-state index >= 15 is 0 Å². The Bertz CT molecular complexity index is 438. The zero-order valence-corrected chi connectivity index (χ0v) is 13.0. The molecule has 0 radical (unpaired) electrons. The number of amides is 1. The molecular formula is C15H20ClNO2S. The van der Waals surface area contributed by atoms with Crippen molar-refractivity contribution >= 4 is 29.3 Å². The molecule has 1 aliphatic rings. The largest absolute Gasteiger partial charge is 0.396 e. The lowest BCUT2D eigenvalue weighted by molar-refractivity contribution is -0.127. The molecular weight excluding hydrogens is 294 g/mol. The van der Waals surface area contributed by atoms with E-state index in [9.17, 15) is 4.79 Å². The van der Waals surface area contributed by atoms with E-state index in [1.54, 1.807) is 11.8 Å². The lowest BCUT2D eigenvalue weighted by Crippen LogP contribution is -2.30. The van der Waals surface area contributed by atoms with Crippen LogP contribution >= 0.6 is 23.4 Å².